The molecule has 0 spiro atoms. The third-order valence-electron chi connectivity index (χ3n) is 4.40. The molecule has 8 nitrogen and oxygen atoms in total. The van der Waals surface area contributed by atoms with Gasteiger partial charge in [-0.1, -0.05) is 12.1 Å². The predicted molar refractivity (Wildman–Crippen MR) is 102 cm³/mol. The van der Waals surface area contributed by atoms with E-state index in [1.54, 1.807) is 11.6 Å². The Morgan fingerprint density at radius 3 is 2.56 bits per heavy atom. The maximum atomic E-state index is 12.6. The Morgan fingerprint density at radius 1 is 1.22 bits per heavy atom. The molecule has 0 saturated heterocycles. The molecule has 0 aliphatic rings. The van der Waals surface area contributed by atoms with Crippen molar-refractivity contribution in [2.45, 2.75) is 19.9 Å². The molecule has 1 N–H and O–H groups in total. The number of ether oxygens (including phenoxy) is 1. The summed E-state index contributed by atoms with van der Waals surface area (Å²) in [6.07, 6.45) is 0. The number of carbonyl (C=O) groups is 1. The summed E-state index contributed by atoms with van der Waals surface area (Å²) in [6.45, 7) is 4.22. The van der Waals surface area contributed by atoms with Gasteiger partial charge in [0, 0.05) is 17.9 Å². The molecule has 3 aromatic rings. The Kier molecular flexibility index (Phi) is 5.36. The van der Waals surface area contributed by atoms with Crippen LogP contribution in [0.5, 0.6) is 5.75 Å². The van der Waals surface area contributed by atoms with E-state index in [-0.39, 0.29) is 17.8 Å². The second-order valence-electron chi connectivity index (χ2n) is 6.65. The topological polar surface area (TPSA) is 84.6 Å². The van der Waals surface area contributed by atoms with Gasteiger partial charge < -0.3 is 15.0 Å². The van der Waals surface area contributed by atoms with E-state index in [9.17, 15) is 4.79 Å². The van der Waals surface area contributed by atoms with Crippen LogP contribution in [0.3, 0.4) is 0 Å². The lowest BCUT2D eigenvalue weighted by molar-refractivity contribution is 0.0931. The van der Waals surface area contributed by atoms with Crippen LogP contribution in [0, 0.1) is 13.8 Å². The van der Waals surface area contributed by atoms with E-state index in [1.807, 2.05) is 63.2 Å². The highest BCUT2D eigenvalue weighted by molar-refractivity contribution is 5.90. The fourth-order valence-corrected chi connectivity index (χ4v) is 2.96. The summed E-state index contributed by atoms with van der Waals surface area (Å²) in [6, 6.07) is 9.72. The summed E-state index contributed by atoms with van der Waals surface area (Å²) in [5.74, 6) is 1.02. The van der Waals surface area contributed by atoms with Crippen molar-refractivity contribution in [3.8, 4) is 5.75 Å². The van der Waals surface area contributed by atoms with Gasteiger partial charge in [0.25, 0.3) is 11.7 Å². The summed E-state index contributed by atoms with van der Waals surface area (Å²) in [7, 11) is 5.58. The molecular formula is C19H24N6O2. The molecule has 142 valence electrons. The smallest absolute Gasteiger partial charge is 0.291 e. The average Bonchev–Trinajstić information content (AvgIpc) is 3.06. The molecule has 2 heterocycles. The van der Waals surface area contributed by atoms with Crippen LogP contribution in [0.25, 0.3) is 5.78 Å². The van der Waals surface area contributed by atoms with Crippen LogP contribution in [-0.4, -0.2) is 58.1 Å². The molecule has 1 aromatic carbocycles. The molecule has 0 aliphatic carbocycles. The highest BCUT2D eigenvalue weighted by atomic mass is 16.5. The fraction of sp³-hybridized carbons (Fsp3) is 0.368. The van der Waals surface area contributed by atoms with Crippen LogP contribution in [0.4, 0.5) is 0 Å². The summed E-state index contributed by atoms with van der Waals surface area (Å²) in [5, 5.41) is 7.20. The molecule has 8 heteroatoms. The second-order valence-corrected chi connectivity index (χ2v) is 6.65. The minimum Gasteiger partial charge on any atom is -0.497 e. The molecule has 0 aliphatic heterocycles. The van der Waals surface area contributed by atoms with E-state index in [4.69, 9.17) is 4.74 Å². The van der Waals surface area contributed by atoms with Crippen LogP contribution in [-0.2, 0) is 0 Å². The first-order valence-electron chi connectivity index (χ1n) is 8.68. The van der Waals surface area contributed by atoms with Gasteiger partial charge in [-0.2, -0.15) is 4.98 Å². The van der Waals surface area contributed by atoms with Crippen molar-refractivity contribution in [1.82, 2.24) is 29.8 Å². The Morgan fingerprint density at radius 2 is 1.93 bits per heavy atom. The van der Waals surface area contributed by atoms with E-state index < -0.39 is 0 Å². The van der Waals surface area contributed by atoms with Crippen molar-refractivity contribution in [3.05, 3.63) is 53.1 Å². The minimum atomic E-state index is -0.321. The third-order valence-corrected chi connectivity index (χ3v) is 4.40. The second kappa shape index (κ2) is 7.71. The van der Waals surface area contributed by atoms with Crippen LogP contribution >= 0.6 is 0 Å². The zero-order valence-electron chi connectivity index (χ0n) is 16.2. The van der Waals surface area contributed by atoms with Crippen molar-refractivity contribution in [3.63, 3.8) is 0 Å². The molecular weight excluding hydrogens is 344 g/mol. The first kappa shape index (κ1) is 18.8. The number of carbonyl (C=O) groups excluding carboxylic acids is 1. The maximum Gasteiger partial charge on any atom is 0.291 e. The summed E-state index contributed by atoms with van der Waals surface area (Å²) >= 11 is 0. The molecule has 1 atom stereocenters. The zero-order valence-corrected chi connectivity index (χ0v) is 16.2. The Labute approximate surface area is 158 Å². The minimum absolute atomic E-state index is 0.0130. The lowest BCUT2D eigenvalue weighted by Gasteiger charge is -2.25. The van der Waals surface area contributed by atoms with Gasteiger partial charge in [0.15, 0.2) is 0 Å². The van der Waals surface area contributed by atoms with Gasteiger partial charge in [-0.15, -0.1) is 5.10 Å². The van der Waals surface area contributed by atoms with E-state index in [0.29, 0.717) is 12.3 Å². The molecule has 3 rings (SSSR count). The van der Waals surface area contributed by atoms with Crippen LogP contribution in [0.15, 0.2) is 30.3 Å². The van der Waals surface area contributed by atoms with Crippen molar-refractivity contribution in [2.75, 3.05) is 27.7 Å². The number of benzene rings is 1. The van der Waals surface area contributed by atoms with Gasteiger partial charge in [0.05, 0.1) is 13.2 Å². The highest BCUT2D eigenvalue weighted by Crippen LogP contribution is 2.20. The number of nitrogens with zero attached hydrogens (tertiary/aromatic N) is 5. The maximum absolute atomic E-state index is 12.6. The number of aryl methyl sites for hydroxylation is 2. The van der Waals surface area contributed by atoms with Gasteiger partial charge in [-0.05, 0) is 51.7 Å². The quantitative estimate of drug-likeness (QED) is 0.714. The van der Waals surface area contributed by atoms with Crippen LogP contribution in [0.1, 0.15) is 33.6 Å². The van der Waals surface area contributed by atoms with E-state index in [1.165, 1.54) is 0 Å². The lowest BCUT2D eigenvalue weighted by Crippen LogP contribution is -2.35. The molecule has 0 bridgehead atoms. The number of hydrogen-bond acceptors (Lipinski definition) is 6. The monoisotopic (exact) mass is 368 g/mol. The molecule has 1 amide bonds. The van der Waals surface area contributed by atoms with Gasteiger partial charge in [0.2, 0.25) is 5.82 Å². The molecule has 27 heavy (non-hydrogen) atoms. The molecule has 0 radical (unpaired) electrons. The average molecular weight is 368 g/mol. The number of likely N-dealkylation sites (N-methyl/N-ethyl adjacent to an activating group) is 1. The summed E-state index contributed by atoms with van der Waals surface area (Å²) in [4.78, 5) is 23.2. The van der Waals surface area contributed by atoms with Gasteiger partial charge in [-0.3, -0.25) is 4.79 Å². The van der Waals surface area contributed by atoms with Gasteiger partial charge in [-0.25, -0.2) is 9.50 Å². The van der Waals surface area contributed by atoms with Gasteiger partial charge >= 0.3 is 0 Å². The van der Waals surface area contributed by atoms with Crippen LogP contribution < -0.4 is 10.1 Å². The van der Waals surface area contributed by atoms with E-state index in [0.717, 1.165) is 22.7 Å². The first-order chi connectivity index (χ1) is 12.9. The zero-order chi connectivity index (χ0) is 19.6. The van der Waals surface area contributed by atoms with Gasteiger partial charge in [0.1, 0.15) is 5.75 Å². The molecule has 0 fully saturated rings. The number of nitrogens with one attached hydrogen (secondary N) is 1. The highest BCUT2D eigenvalue weighted by Gasteiger charge is 2.19. The number of rotatable bonds is 6. The Bertz CT molecular complexity index is 949. The van der Waals surface area contributed by atoms with Crippen molar-refractivity contribution in [1.29, 1.82) is 0 Å². The normalized spacial score (nSPS) is 12.4. The standard InChI is InChI=1S/C19H24N6O2/c1-12-10-13(2)25-19(21-12)22-17(23-25)18(26)20-11-16(24(3)4)14-6-8-15(27-5)9-7-14/h6-10,16H,11H2,1-5H3,(H,20,26). The Balaban J connectivity index is 1.75. The number of amides is 1. The fourth-order valence-electron chi connectivity index (χ4n) is 2.96. The largest absolute Gasteiger partial charge is 0.497 e. The number of fused-ring (bicyclic) bond motifs is 1. The first-order valence-corrected chi connectivity index (χ1v) is 8.68. The van der Waals surface area contributed by atoms with E-state index >= 15 is 0 Å². The third kappa shape index (κ3) is 4.06. The molecule has 1 unspecified atom stereocenters. The SMILES string of the molecule is COc1ccc(C(CNC(=O)c2nc3nc(C)cc(C)n3n2)N(C)C)cc1. The van der Waals surface area contributed by atoms with Crippen molar-refractivity contribution >= 4 is 11.7 Å². The van der Waals surface area contributed by atoms with E-state index in [2.05, 4.69) is 20.4 Å². The number of hydrogen-bond donors (Lipinski definition) is 1. The predicted octanol–water partition coefficient (Wildman–Crippen LogP) is 1.78. The summed E-state index contributed by atoms with van der Waals surface area (Å²) in [5.41, 5.74) is 2.80. The number of aromatic nitrogens is 4. The Hall–Kier alpha value is -3.00. The lowest BCUT2D eigenvalue weighted by atomic mass is 10.1. The summed E-state index contributed by atoms with van der Waals surface area (Å²) < 4.78 is 6.78. The molecule has 0 saturated carbocycles. The van der Waals surface area contributed by atoms with Crippen molar-refractivity contribution in [2.24, 2.45) is 0 Å². The van der Waals surface area contributed by atoms with Crippen LogP contribution in [0.2, 0.25) is 0 Å². The molecule has 2 aromatic heterocycles. The number of methoxy groups -OCH3 is 1. The van der Waals surface area contributed by atoms with Crippen molar-refractivity contribution < 1.29 is 9.53 Å².